The fourth-order valence-corrected chi connectivity index (χ4v) is 2.16. The van der Waals surface area contributed by atoms with Crippen LogP contribution in [0.3, 0.4) is 0 Å². The fourth-order valence-electron chi connectivity index (χ4n) is 1.67. The molecule has 0 fully saturated rings. The molecule has 0 saturated carbocycles. The van der Waals surface area contributed by atoms with Crippen molar-refractivity contribution < 1.29 is 19.6 Å². The molecule has 0 spiro atoms. The smallest absolute Gasteiger partial charge is 0.339 e. The highest BCUT2D eigenvalue weighted by molar-refractivity contribution is 14.1. The molecule has 0 bridgehead atoms. The number of nitrogens with zero attached hydrogens (tertiary/aromatic N) is 1. The van der Waals surface area contributed by atoms with Gasteiger partial charge in [-0.25, -0.2) is 4.79 Å². The molecule has 0 heterocycles. The van der Waals surface area contributed by atoms with Crippen molar-refractivity contribution in [2.75, 3.05) is 0 Å². The van der Waals surface area contributed by atoms with Gasteiger partial charge in [0.15, 0.2) is 0 Å². The van der Waals surface area contributed by atoms with Crippen molar-refractivity contribution in [1.29, 1.82) is 0 Å². The van der Waals surface area contributed by atoms with Gasteiger partial charge in [-0.1, -0.05) is 0 Å². The predicted molar refractivity (Wildman–Crippen MR) is 83.5 cm³/mol. The van der Waals surface area contributed by atoms with E-state index in [-0.39, 0.29) is 23.6 Å². The van der Waals surface area contributed by atoms with Crippen LogP contribution < -0.4 is 4.74 Å². The number of carboxylic acids is 1. The Morgan fingerprint density at radius 3 is 2.48 bits per heavy atom. The van der Waals surface area contributed by atoms with E-state index in [2.05, 4.69) is 0 Å². The number of carboxylic acid groups (broad SMARTS) is 1. The number of rotatable bonds is 5. The van der Waals surface area contributed by atoms with Gasteiger partial charge in [0.2, 0.25) is 0 Å². The Bertz CT molecular complexity index is 684. The Kier molecular flexibility index (Phi) is 4.73. The van der Waals surface area contributed by atoms with E-state index in [4.69, 9.17) is 9.84 Å². The first-order valence-corrected chi connectivity index (χ1v) is 6.94. The maximum Gasteiger partial charge on any atom is 0.339 e. The Labute approximate surface area is 133 Å². The molecule has 21 heavy (non-hydrogen) atoms. The highest BCUT2D eigenvalue weighted by Crippen LogP contribution is 2.23. The largest absolute Gasteiger partial charge is 0.488 e. The summed E-state index contributed by atoms with van der Waals surface area (Å²) in [5.74, 6) is -0.798. The molecule has 2 aromatic carbocycles. The van der Waals surface area contributed by atoms with Crippen LogP contribution in [-0.4, -0.2) is 16.0 Å². The minimum atomic E-state index is -1.06. The van der Waals surface area contributed by atoms with Gasteiger partial charge in [-0.3, -0.25) is 10.1 Å². The van der Waals surface area contributed by atoms with E-state index in [1.54, 1.807) is 24.3 Å². The number of halogens is 1. The van der Waals surface area contributed by atoms with Gasteiger partial charge in [0, 0.05) is 15.7 Å². The summed E-state index contributed by atoms with van der Waals surface area (Å²) in [7, 11) is 0. The molecule has 108 valence electrons. The van der Waals surface area contributed by atoms with Gasteiger partial charge in [-0.15, -0.1) is 0 Å². The second kappa shape index (κ2) is 6.53. The van der Waals surface area contributed by atoms with Crippen LogP contribution in [0.5, 0.6) is 5.75 Å². The van der Waals surface area contributed by atoms with E-state index in [0.717, 1.165) is 9.13 Å². The molecule has 1 N–H and O–H groups in total. The normalized spacial score (nSPS) is 10.1. The van der Waals surface area contributed by atoms with E-state index in [1.165, 1.54) is 18.2 Å². The minimum absolute atomic E-state index is 0.000704. The van der Waals surface area contributed by atoms with Crippen LogP contribution in [0.15, 0.2) is 42.5 Å². The van der Waals surface area contributed by atoms with Crippen LogP contribution >= 0.6 is 22.6 Å². The third kappa shape index (κ3) is 3.91. The molecule has 0 aliphatic rings. The number of nitro groups is 1. The molecule has 0 unspecified atom stereocenters. The molecular formula is C14H10INO5. The highest BCUT2D eigenvalue weighted by atomic mass is 127. The van der Waals surface area contributed by atoms with E-state index < -0.39 is 10.9 Å². The molecule has 0 atom stereocenters. The summed E-state index contributed by atoms with van der Waals surface area (Å²) in [5.41, 5.74) is 0.804. The van der Waals surface area contributed by atoms with E-state index in [9.17, 15) is 14.9 Å². The molecule has 0 amide bonds. The monoisotopic (exact) mass is 399 g/mol. The van der Waals surface area contributed by atoms with Crippen molar-refractivity contribution in [2.45, 2.75) is 6.61 Å². The van der Waals surface area contributed by atoms with Crippen molar-refractivity contribution in [3.05, 3.63) is 67.3 Å². The van der Waals surface area contributed by atoms with Crippen LogP contribution in [0.2, 0.25) is 0 Å². The number of carbonyl (C=O) groups is 1. The molecule has 0 aromatic heterocycles. The van der Waals surface area contributed by atoms with Crippen molar-refractivity contribution in [1.82, 2.24) is 0 Å². The summed E-state index contributed by atoms with van der Waals surface area (Å²) in [4.78, 5) is 21.2. The standard InChI is InChI=1S/C14H10INO5/c15-10-3-6-13(12(7-10)14(17)18)21-8-9-1-4-11(5-2-9)16(19)20/h1-7H,8H2,(H,17,18). The Balaban J connectivity index is 2.13. The van der Waals surface area contributed by atoms with E-state index in [0.29, 0.717) is 0 Å². The highest BCUT2D eigenvalue weighted by Gasteiger charge is 2.12. The molecule has 6 nitrogen and oxygen atoms in total. The van der Waals surface area contributed by atoms with Crippen LogP contribution in [0, 0.1) is 13.7 Å². The number of benzene rings is 2. The predicted octanol–water partition coefficient (Wildman–Crippen LogP) is 3.48. The SMILES string of the molecule is O=C(O)c1cc(I)ccc1OCc1ccc([N+](=O)[O-])cc1. The first-order valence-electron chi connectivity index (χ1n) is 5.86. The van der Waals surface area contributed by atoms with Crippen molar-refractivity contribution in [2.24, 2.45) is 0 Å². The van der Waals surface area contributed by atoms with E-state index in [1.807, 2.05) is 22.6 Å². The number of hydrogen-bond acceptors (Lipinski definition) is 4. The molecule has 2 aromatic rings. The van der Waals surface area contributed by atoms with Gasteiger partial charge in [-0.05, 0) is 58.5 Å². The summed E-state index contributed by atoms with van der Waals surface area (Å²) in [6.45, 7) is 0.138. The second-order valence-electron chi connectivity index (χ2n) is 4.16. The third-order valence-corrected chi connectivity index (χ3v) is 3.38. The third-order valence-electron chi connectivity index (χ3n) is 2.71. The van der Waals surface area contributed by atoms with Crippen molar-refractivity contribution >= 4 is 34.2 Å². The molecule has 0 aliphatic carbocycles. The van der Waals surface area contributed by atoms with Crippen molar-refractivity contribution in [3.63, 3.8) is 0 Å². The number of non-ortho nitro benzene ring substituents is 1. The van der Waals surface area contributed by atoms with Crippen LogP contribution in [-0.2, 0) is 6.61 Å². The number of aromatic carboxylic acids is 1. The Hall–Kier alpha value is -2.16. The van der Waals surface area contributed by atoms with Crippen LogP contribution in [0.25, 0.3) is 0 Å². The maximum atomic E-state index is 11.1. The molecule has 0 aliphatic heterocycles. The average Bonchev–Trinajstić information content (AvgIpc) is 2.46. The topological polar surface area (TPSA) is 89.7 Å². The zero-order chi connectivity index (χ0) is 15.4. The van der Waals surface area contributed by atoms with Gasteiger partial charge in [-0.2, -0.15) is 0 Å². The lowest BCUT2D eigenvalue weighted by molar-refractivity contribution is -0.384. The molecule has 0 saturated heterocycles. The van der Waals surface area contributed by atoms with Gasteiger partial charge < -0.3 is 9.84 Å². The Morgan fingerprint density at radius 2 is 1.90 bits per heavy atom. The number of hydrogen-bond donors (Lipinski definition) is 1. The molecule has 7 heteroatoms. The molecule has 0 radical (unpaired) electrons. The zero-order valence-corrected chi connectivity index (χ0v) is 12.8. The fraction of sp³-hybridized carbons (Fsp3) is 0.0714. The minimum Gasteiger partial charge on any atom is -0.488 e. The number of nitro benzene ring substituents is 1. The van der Waals surface area contributed by atoms with Crippen LogP contribution in [0.4, 0.5) is 5.69 Å². The summed E-state index contributed by atoms with van der Waals surface area (Å²) in [5, 5.41) is 19.7. The van der Waals surface area contributed by atoms with Crippen molar-refractivity contribution in [3.8, 4) is 5.75 Å². The van der Waals surface area contributed by atoms with Crippen LogP contribution in [0.1, 0.15) is 15.9 Å². The molecule has 2 rings (SSSR count). The Morgan fingerprint density at radius 1 is 1.24 bits per heavy atom. The van der Waals surface area contributed by atoms with E-state index >= 15 is 0 Å². The lowest BCUT2D eigenvalue weighted by Gasteiger charge is -2.09. The zero-order valence-electron chi connectivity index (χ0n) is 10.7. The molecular weight excluding hydrogens is 389 g/mol. The van der Waals surface area contributed by atoms with Gasteiger partial charge in [0.1, 0.15) is 17.9 Å². The summed E-state index contributed by atoms with van der Waals surface area (Å²) >= 11 is 2.02. The summed E-state index contributed by atoms with van der Waals surface area (Å²) in [6.07, 6.45) is 0. The summed E-state index contributed by atoms with van der Waals surface area (Å²) in [6, 6.07) is 10.8. The van der Waals surface area contributed by atoms with Gasteiger partial charge >= 0.3 is 5.97 Å². The first-order chi connectivity index (χ1) is 9.97. The lowest BCUT2D eigenvalue weighted by Crippen LogP contribution is -2.04. The first kappa shape index (κ1) is 15.2. The number of ether oxygens (including phenoxy) is 1. The van der Waals surface area contributed by atoms with Gasteiger partial charge in [0.05, 0.1) is 4.92 Å². The van der Waals surface area contributed by atoms with Gasteiger partial charge in [0.25, 0.3) is 5.69 Å². The second-order valence-corrected chi connectivity index (χ2v) is 5.40. The summed E-state index contributed by atoms with van der Waals surface area (Å²) < 4.78 is 6.28. The lowest BCUT2D eigenvalue weighted by atomic mass is 10.2. The maximum absolute atomic E-state index is 11.1. The quantitative estimate of drug-likeness (QED) is 0.473. The average molecular weight is 399 g/mol.